The zero-order valence-electron chi connectivity index (χ0n) is 11.3. The molecule has 0 radical (unpaired) electrons. The number of phenolic OH excluding ortho intramolecular Hbond substituents is 1. The second-order valence-electron chi connectivity index (χ2n) is 4.46. The molecule has 1 amide bonds. The van der Waals surface area contributed by atoms with E-state index in [1.807, 2.05) is 37.3 Å². The number of phenols is 1. The van der Waals surface area contributed by atoms with E-state index in [0.717, 1.165) is 10.5 Å². The molecule has 104 valence electrons. The topological polar surface area (TPSA) is 49.3 Å². The predicted octanol–water partition coefficient (Wildman–Crippen LogP) is 3.11. The summed E-state index contributed by atoms with van der Waals surface area (Å²) in [5, 5.41) is 12.5. The quantitative estimate of drug-likeness (QED) is 0.831. The van der Waals surface area contributed by atoms with Crippen molar-refractivity contribution < 1.29 is 9.90 Å². The summed E-state index contributed by atoms with van der Waals surface area (Å²) in [4.78, 5) is 12.5. The lowest BCUT2D eigenvalue weighted by Crippen LogP contribution is -2.24. The van der Waals surface area contributed by atoms with Crippen LogP contribution < -0.4 is 5.32 Å². The molecule has 0 bridgehead atoms. The van der Waals surface area contributed by atoms with E-state index in [9.17, 15) is 9.90 Å². The number of hydrogen-bond donors (Lipinski definition) is 2. The van der Waals surface area contributed by atoms with Gasteiger partial charge in [-0.05, 0) is 30.2 Å². The van der Waals surface area contributed by atoms with Gasteiger partial charge < -0.3 is 10.4 Å². The van der Waals surface area contributed by atoms with Crippen molar-refractivity contribution in [2.45, 2.75) is 18.4 Å². The van der Waals surface area contributed by atoms with Crippen molar-refractivity contribution in [3.8, 4) is 5.75 Å². The number of nitrogens with one attached hydrogen (secondary N) is 1. The lowest BCUT2D eigenvalue weighted by molar-refractivity contribution is -0.118. The number of para-hydroxylation sites is 1. The van der Waals surface area contributed by atoms with Crippen LogP contribution >= 0.6 is 11.8 Å². The minimum atomic E-state index is -0.0403. The number of aromatic hydroxyl groups is 1. The average molecular weight is 287 g/mol. The molecule has 0 aliphatic heterocycles. The van der Waals surface area contributed by atoms with Crippen molar-refractivity contribution >= 4 is 17.7 Å². The van der Waals surface area contributed by atoms with E-state index in [1.54, 1.807) is 18.2 Å². The van der Waals surface area contributed by atoms with Gasteiger partial charge in [0, 0.05) is 11.4 Å². The molecular formula is C16H17NO2S. The number of thioether (sulfide) groups is 1. The summed E-state index contributed by atoms with van der Waals surface area (Å²) >= 11 is 1.33. The van der Waals surface area contributed by atoms with Crippen molar-refractivity contribution in [2.75, 3.05) is 5.75 Å². The SMILES string of the molecule is Cc1ccccc1CNC(=O)CSc1ccccc1O. The monoisotopic (exact) mass is 287 g/mol. The van der Waals surface area contributed by atoms with Crippen LogP contribution in [0.3, 0.4) is 0 Å². The molecule has 0 aliphatic carbocycles. The summed E-state index contributed by atoms with van der Waals surface area (Å²) in [6, 6.07) is 15.0. The molecule has 0 saturated heterocycles. The van der Waals surface area contributed by atoms with Crippen molar-refractivity contribution in [1.82, 2.24) is 5.32 Å². The Bertz CT molecular complexity index is 547. The maximum absolute atomic E-state index is 11.8. The minimum absolute atomic E-state index is 0.0403. The van der Waals surface area contributed by atoms with Crippen LogP contribution in [-0.2, 0) is 11.3 Å². The highest BCUT2D eigenvalue weighted by molar-refractivity contribution is 8.00. The molecule has 0 saturated carbocycles. The molecule has 0 unspecified atom stereocenters. The zero-order chi connectivity index (χ0) is 14.4. The lowest BCUT2D eigenvalue weighted by atomic mass is 10.1. The molecule has 3 nitrogen and oxygen atoms in total. The minimum Gasteiger partial charge on any atom is -0.507 e. The highest BCUT2D eigenvalue weighted by atomic mass is 32.2. The molecule has 0 spiro atoms. The van der Waals surface area contributed by atoms with Crippen LogP contribution in [0.2, 0.25) is 0 Å². The predicted molar refractivity (Wildman–Crippen MR) is 81.9 cm³/mol. The first kappa shape index (κ1) is 14.5. The van der Waals surface area contributed by atoms with Gasteiger partial charge in [-0.25, -0.2) is 0 Å². The van der Waals surface area contributed by atoms with E-state index in [0.29, 0.717) is 12.3 Å². The number of benzene rings is 2. The highest BCUT2D eigenvalue weighted by Crippen LogP contribution is 2.27. The molecule has 20 heavy (non-hydrogen) atoms. The number of hydrogen-bond acceptors (Lipinski definition) is 3. The summed E-state index contributed by atoms with van der Waals surface area (Å²) < 4.78 is 0. The third kappa shape index (κ3) is 4.03. The normalized spacial score (nSPS) is 10.2. The number of aryl methyl sites for hydroxylation is 1. The van der Waals surface area contributed by atoms with Crippen LogP contribution in [0.25, 0.3) is 0 Å². The van der Waals surface area contributed by atoms with E-state index in [1.165, 1.54) is 17.3 Å². The number of carbonyl (C=O) groups is 1. The first-order chi connectivity index (χ1) is 9.66. The molecule has 0 fully saturated rings. The molecule has 0 atom stereocenters. The fourth-order valence-corrected chi connectivity index (χ4v) is 2.56. The average Bonchev–Trinajstić information content (AvgIpc) is 2.45. The third-order valence-electron chi connectivity index (χ3n) is 2.96. The Hall–Kier alpha value is -1.94. The Labute approximate surface area is 123 Å². The molecule has 2 aromatic rings. The fourth-order valence-electron chi connectivity index (χ4n) is 1.78. The van der Waals surface area contributed by atoms with Crippen LogP contribution in [0.15, 0.2) is 53.4 Å². The highest BCUT2D eigenvalue weighted by Gasteiger charge is 2.06. The maximum atomic E-state index is 11.8. The number of rotatable bonds is 5. The fraction of sp³-hybridized carbons (Fsp3) is 0.188. The van der Waals surface area contributed by atoms with Crippen molar-refractivity contribution in [2.24, 2.45) is 0 Å². The Morgan fingerprint density at radius 3 is 2.60 bits per heavy atom. The van der Waals surface area contributed by atoms with E-state index in [4.69, 9.17) is 0 Å². The summed E-state index contributed by atoms with van der Waals surface area (Å²) in [5.74, 6) is 0.467. The second kappa shape index (κ2) is 7.01. The van der Waals surface area contributed by atoms with Gasteiger partial charge in [0.25, 0.3) is 0 Å². The first-order valence-corrected chi connectivity index (χ1v) is 7.37. The van der Waals surface area contributed by atoms with E-state index >= 15 is 0 Å². The zero-order valence-corrected chi connectivity index (χ0v) is 12.1. The summed E-state index contributed by atoms with van der Waals surface area (Å²) in [7, 11) is 0. The second-order valence-corrected chi connectivity index (χ2v) is 5.48. The van der Waals surface area contributed by atoms with E-state index < -0.39 is 0 Å². The molecule has 0 aliphatic rings. The summed E-state index contributed by atoms with van der Waals surface area (Å²) in [6.45, 7) is 2.56. The Kier molecular flexibility index (Phi) is 5.07. The molecule has 0 heterocycles. The maximum Gasteiger partial charge on any atom is 0.230 e. The molecule has 2 N–H and O–H groups in total. The van der Waals surface area contributed by atoms with Crippen LogP contribution in [-0.4, -0.2) is 16.8 Å². The summed E-state index contributed by atoms with van der Waals surface area (Å²) in [5.41, 5.74) is 2.29. The van der Waals surface area contributed by atoms with Gasteiger partial charge in [0.15, 0.2) is 0 Å². The van der Waals surface area contributed by atoms with Crippen molar-refractivity contribution in [3.05, 3.63) is 59.7 Å². The molecule has 2 aromatic carbocycles. The van der Waals surface area contributed by atoms with Gasteiger partial charge in [0.05, 0.1) is 5.75 Å². The van der Waals surface area contributed by atoms with Crippen LogP contribution in [0.1, 0.15) is 11.1 Å². The van der Waals surface area contributed by atoms with Gasteiger partial charge in [-0.2, -0.15) is 0 Å². The van der Waals surface area contributed by atoms with Gasteiger partial charge >= 0.3 is 0 Å². The first-order valence-electron chi connectivity index (χ1n) is 6.39. The van der Waals surface area contributed by atoms with Gasteiger partial charge in [0.1, 0.15) is 5.75 Å². The van der Waals surface area contributed by atoms with Gasteiger partial charge in [-0.3, -0.25) is 4.79 Å². The Morgan fingerprint density at radius 1 is 1.15 bits per heavy atom. The van der Waals surface area contributed by atoms with Crippen LogP contribution in [0.4, 0.5) is 0 Å². The standard InChI is InChI=1S/C16H17NO2S/c1-12-6-2-3-7-13(12)10-17-16(19)11-20-15-9-5-4-8-14(15)18/h2-9,18H,10-11H2,1H3,(H,17,19). The van der Waals surface area contributed by atoms with E-state index in [-0.39, 0.29) is 11.7 Å². The summed E-state index contributed by atoms with van der Waals surface area (Å²) in [6.07, 6.45) is 0. The Balaban J connectivity index is 1.82. The van der Waals surface area contributed by atoms with Crippen LogP contribution in [0.5, 0.6) is 5.75 Å². The van der Waals surface area contributed by atoms with E-state index in [2.05, 4.69) is 5.32 Å². The molecule has 0 aromatic heterocycles. The lowest BCUT2D eigenvalue weighted by Gasteiger charge is -2.08. The number of carbonyl (C=O) groups excluding carboxylic acids is 1. The molecular weight excluding hydrogens is 270 g/mol. The van der Waals surface area contributed by atoms with Crippen LogP contribution in [0, 0.1) is 6.92 Å². The smallest absolute Gasteiger partial charge is 0.230 e. The third-order valence-corrected chi connectivity index (χ3v) is 4.02. The molecule has 2 rings (SSSR count). The number of amides is 1. The molecule has 4 heteroatoms. The van der Waals surface area contributed by atoms with Gasteiger partial charge in [-0.15, -0.1) is 11.8 Å². The van der Waals surface area contributed by atoms with Gasteiger partial charge in [-0.1, -0.05) is 36.4 Å². The largest absolute Gasteiger partial charge is 0.507 e. The van der Waals surface area contributed by atoms with Crippen molar-refractivity contribution in [3.63, 3.8) is 0 Å². The Morgan fingerprint density at radius 2 is 1.85 bits per heavy atom. The van der Waals surface area contributed by atoms with Gasteiger partial charge in [0.2, 0.25) is 5.91 Å². The van der Waals surface area contributed by atoms with Crippen molar-refractivity contribution in [1.29, 1.82) is 0 Å².